The van der Waals surface area contributed by atoms with Crippen LogP contribution in [0.15, 0.2) is 0 Å². The number of rotatable bonds is 9. The van der Waals surface area contributed by atoms with Crippen LogP contribution in [0, 0.1) is 0 Å². The monoisotopic (exact) mass is 316 g/mol. The Morgan fingerprint density at radius 1 is 1.27 bits per heavy atom. The van der Waals surface area contributed by atoms with Crippen molar-refractivity contribution in [2.45, 2.75) is 44.1 Å². The molecule has 3 amide bonds. The van der Waals surface area contributed by atoms with Crippen molar-refractivity contribution in [1.82, 2.24) is 10.6 Å². The first-order valence-electron chi connectivity index (χ1n) is 6.79. The van der Waals surface area contributed by atoms with E-state index in [9.17, 15) is 19.2 Å². The molecule has 10 nitrogen and oxygen atoms in total. The average Bonchev–Trinajstić information content (AvgIpc) is 3.24. The highest BCUT2D eigenvalue weighted by Gasteiger charge is 2.49. The highest BCUT2D eigenvalue weighted by molar-refractivity contribution is 5.94. The van der Waals surface area contributed by atoms with Gasteiger partial charge in [-0.1, -0.05) is 13.3 Å². The molecular weight excluding hydrogens is 296 g/mol. The number of primary amides is 1. The van der Waals surface area contributed by atoms with Crippen LogP contribution in [0.25, 0.3) is 0 Å². The Kier molecular flexibility index (Phi) is 6.25. The summed E-state index contributed by atoms with van der Waals surface area (Å²) in [6, 6.07) is -2.14. The number of carboxylic acids is 1. The Hall–Kier alpha value is -2.20. The molecule has 4 atom stereocenters. The number of hydrogen-bond donors (Lipinski definition) is 5. The molecule has 0 aromatic heterocycles. The van der Waals surface area contributed by atoms with Gasteiger partial charge in [0, 0.05) is 6.54 Å². The second-order valence-corrected chi connectivity index (χ2v) is 4.92. The number of carbonyl (C=O) groups excluding carboxylic acids is 3. The molecule has 0 aliphatic carbocycles. The zero-order chi connectivity index (χ0) is 16.9. The first-order chi connectivity index (χ1) is 10.3. The van der Waals surface area contributed by atoms with Crippen LogP contribution in [-0.2, 0) is 23.9 Å². The van der Waals surface area contributed by atoms with Crippen molar-refractivity contribution in [2.75, 3.05) is 6.54 Å². The molecular formula is C12H20N4O6. The Morgan fingerprint density at radius 3 is 2.36 bits per heavy atom. The van der Waals surface area contributed by atoms with E-state index in [0.29, 0.717) is 6.42 Å². The molecule has 2 unspecified atom stereocenters. The van der Waals surface area contributed by atoms with E-state index in [-0.39, 0.29) is 13.0 Å². The maximum absolute atomic E-state index is 11.7. The molecule has 0 aromatic carbocycles. The van der Waals surface area contributed by atoms with Crippen LogP contribution in [0.4, 0.5) is 0 Å². The van der Waals surface area contributed by atoms with Gasteiger partial charge < -0.3 is 31.9 Å². The van der Waals surface area contributed by atoms with Gasteiger partial charge in [-0.3, -0.25) is 14.4 Å². The van der Waals surface area contributed by atoms with E-state index in [4.69, 9.17) is 21.3 Å². The number of epoxide rings is 1. The van der Waals surface area contributed by atoms with Crippen LogP contribution in [0.5, 0.6) is 0 Å². The first kappa shape index (κ1) is 17.9. The van der Waals surface area contributed by atoms with Crippen molar-refractivity contribution in [2.24, 2.45) is 11.5 Å². The van der Waals surface area contributed by atoms with Crippen molar-refractivity contribution in [3.05, 3.63) is 0 Å². The van der Waals surface area contributed by atoms with Gasteiger partial charge in [0.2, 0.25) is 11.8 Å². The lowest BCUT2D eigenvalue weighted by atomic mass is 10.1. The van der Waals surface area contributed by atoms with Crippen molar-refractivity contribution >= 4 is 23.7 Å². The molecule has 1 aliphatic heterocycles. The predicted molar refractivity (Wildman–Crippen MR) is 73.3 cm³/mol. The Morgan fingerprint density at radius 2 is 1.91 bits per heavy atom. The van der Waals surface area contributed by atoms with E-state index in [1.54, 1.807) is 6.92 Å². The minimum atomic E-state index is -1.15. The van der Waals surface area contributed by atoms with E-state index in [1.807, 2.05) is 0 Å². The summed E-state index contributed by atoms with van der Waals surface area (Å²) in [5, 5.41) is 13.6. The van der Waals surface area contributed by atoms with Crippen LogP contribution < -0.4 is 22.1 Å². The number of carbonyl (C=O) groups is 4. The smallest absolute Gasteiger partial charge is 0.326 e. The second-order valence-electron chi connectivity index (χ2n) is 4.92. The van der Waals surface area contributed by atoms with E-state index in [0.717, 1.165) is 0 Å². The zero-order valence-corrected chi connectivity index (χ0v) is 12.1. The van der Waals surface area contributed by atoms with Gasteiger partial charge in [0.15, 0.2) is 12.2 Å². The molecule has 0 radical (unpaired) electrons. The molecule has 0 spiro atoms. The molecule has 1 heterocycles. The molecule has 124 valence electrons. The van der Waals surface area contributed by atoms with Crippen LogP contribution in [0.3, 0.4) is 0 Å². The Bertz CT molecular complexity index is 469. The number of nitrogens with two attached hydrogens (primary N) is 2. The molecule has 1 fully saturated rings. The largest absolute Gasteiger partial charge is 0.480 e. The minimum Gasteiger partial charge on any atom is -0.480 e. The quantitative estimate of drug-likeness (QED) is 0.282. The number of hydrogen-bond acceptors (Lipinski definition) is 6. The summed E-state index contributed by atoms with van der Waals surface area (Å²) >= 11 is 0. The predicted octanol–water partition coefficient (Wildman–Crippen LogP) is -2.95. The topological polar surface area (TPSA) is 177 Å². The molecule has 0 saturated carbocycles. The molecule has 10 heteroatoms. The second kappa shape index (κ2) is 7.71. The highest BCUT2D eigenvalue weighted by Crippen LogP contribution is 2.21. The lowest BCUT2D eigenvalue weighted by Crippen LogP contribution is -2.52. The van der Waals surface area contributed by atoms with Crippen LogP contribution in [0.2, 0.25) is 0 Å². The van der Waals surface area contributed by atoms with Crippen molar-refractivity contribution in [3.63, 3.8) is 0 Å². The standard InChI is InChI=1S/C12H20N4O6/c1-2-3-6(12(20)21)16-10(18)5(13)4-15-11(19)8-7(22-8)9(14)17/h5-8H,2-4,13H2,1H3,(H2,14,17)(H,15,19)(H,16,18)(H,20,21)/t5-,6-,7?,8?/m0/s1. The molecule has 1 aliphatic rings. The lowest BCUT2D eigenvalue weighted by Gasteiger charge is -2.17. The van der Waals surface area contributed by atoms with Crippen molar-refractivity contribution in [1.29, 1.82) is 0 Å². The van der Waals surface area contributed by atoms with E-state index < -0.39 is 48.0 Å². The summed E-state index contributed by atoms with van der Waals surface area (Å²) in [6.07, 6.45) is -1.06. The third kappa shape index (κ3) is 4.97. The third-order valence-corrected chi connectivity index (χ3v) is 3.06. The third-order valence-electron chi connectivity index (χ3n) is 3.06. The van der Waals surface area contributed by atoms with Gasteiger partial charge in [-0.25, -0.2) is 4.79 Å². The van der Waals surface area contributed by atoms with Gasteiger partial charge in [-0.15, -0.1) is 0 Å². The molecule has 1 saturated heterocycles. The fourth-order valence-corrected chi connectivity index (χ4v) is 1.76. The lowest BCUT2D eigenvalue weighted by molar-refractivity contribution is -0.142. The number of amides is 3. The van der Waals surface area contributed by atoms with Crippen molar-refractivity contribution < 1.29 is 29.0 Å². The SMILES string of the molecule is CCC[C@H](NC(=O)[C@@H](N)CNC(=O)C1OC1C(N)=O)C(=O)O. The molecule has 22 heavy (non-hydrogen) atoms. The number of ether oxygens (including phenoxy) is 1. The minimum absolute atomic E-state index is 0.214. The van der Waals surface area contributed by atoms with Gasteiger partial charge in [-0.05, 0) is 6.42 Å². The summed E-state index contributed by atoms with van der Waals surface area (Å²) in [6.45, 7) is 1.57. The maximum atomic E-state index is 11.7. The van der Waals surface area contributed by atoms with Gasteiger partial charge in [0.1, 0.15) is 12.1 Å². The van der Waals surface area contributed by atoms with Crippen LogP contribution >= 0.6 is 0 Å². The van der Waals surface area contributed by atoms with E-state index >= 15 is 0 Å². The summed E-state index contributed by atoms with van der Waals surface area (Å²) in [7, 11) is 0. The highest BCUT2D eigenvalue weighted by atomic mass is 16.6. The van der Waals surface area contributed by atoms with Crippen LogP contribution in [-0.4, -0.2) is 59.6 Å². The first-order valence-corrected chi connectivity index (χ1v) is 6.79. The normalized spacial score (nSPS) is 22.3. The molecule has 0 aromatic rings. The Labute approximate surface area is 126 Å². The van der Waals surface area contributed by atoms with Gasteiger partial charge >= 0.3 is 5.97 Å². The van der Waals surface area contributed by atoms with Gasteiger partial charge in [0.25, 0.3) is 5.91 Å². The van der Waals surface area contributed by atoms with Crippen molar-refractivity contribution in [3.8, 4) is 0 Å². The fraction of sp³-hybridized carbons (Fsp3) is 0.667. The van der Waals surface area contributed by atoms with Gasteiger partial charge in [-0.2, -0.15) is 0 Å². The molecule has 1 rings (SSSR count). The zero-order valence-electron chi connectivity index (χ0n) is 12.1. The summed E-state index contributed by atoms with van der Waals surface area (Å²) < 4.78 is 4.76. The molecule has 0 bridgehead atoms. The summed E-state index contributed by atoms with van der Waals surface area (Å²) in [5.41, 5.74) is 10.5. The Balaban J connectivity index is 2.36. The summed E-state index contributed by atoms with van der Waals surface area (Å²) in [5.74, 6) is -3.19. The van der Waals surface area contributed by atoms with Gasteiger partial charge in [0.05, 0.1) is 0 Å². The van der Waals surface area contributed by atoms with E-state index in [2.05, 4.69) is 10.6 Å². The number of nitrogens with one attached hydrogen (secondary N) is 2. The summed E-state index contributed by atoms with van der Waals surface area (Å²) in [4.78, 5) is 45.0. The van der Waals surface area contributed by atoms with E-state index in [1.165, 1.54) is 0 Å². The number of carboxylic acid groups (broad SMARTS) is 1. The average molecular weight is 316 g/mol. The fourth-order valence-electron chi connectivity index (χ4n) is 1.76. The number of aliphatic carboxylic acids is 1. The molecule has 7 N–H and O–H groups in total. The maximum Gasteiger partial charge on any atom is 0.326 e. The van der Waals surface area contributed by atoms with Crippen LogP contribution in [0.1, 0.15) is 19.8 Å².